The lowest BCUT2D eigenvalue weighted by atomic mass is 9.98. The molecule has 26 heavy (non-hydrogen) atoms. The van der Waals surface area contributed by atoms with Crippen LogP contribution in [-0.2, 0) is 24.0 Å². The number of nitrogens with zero attached hydrogens (tertiary/aromatic N) is 1. The fourth-order valence-corrected chi connectivity index (χ4v) is 2.54. The van der Waals surface area contributed by atoms with Gasteiger partial charge in [-0.1, -0.05) is 0 Å². The Hall–Kier alpha value is -2.65. The van der Waals surface area contributed by atoms with E-state index in [4.69, 9.17) is 0 Å². The third-order valence-corrected chi connectivity index (χ3v) is 4.35. The summed E-state index contributed by atoms with van der Waals surface area (Å²) in [7, 11) is 0. The van der Waals surface area contributed by atoms with E-state index in [-0.39, 0.29) is 19.0 Å². The van der Waals surface area contributed by atoms with Crippen molar-refractivity contribution in [3.63, 3.8) is 0 Å². The maximum atomic E-state index is 12.6. The normalized spacial score (nSPS) is 27.8. The SMILES string of the molecule is CC(=O)NCC1NC(=O)C(C)(C)NC(=O)C(C)(C)NC(=O)C2CN2C1=O. The Labute approximate surface area is 151 Å². The van der Waals surface area contributed by atoms with Crippen molar-refractivity contribution < 1.29 is 24.0 Å². The molecule has 0 bridgehead atoms. The van der Waals surface area contributed by atoms with Gasteiger partial charge in [0.1, 0.15) is 23.2 Å². The topological polar surface area (TPSA) is 136 Å². The first-order valence-electron chi connectivity index (χ1n) is 8.35. The Morgan fingerprint density at radius 1 is 1.08 bits per heavy atom. The molecule has 0 aromatic heterocycles. The molecule has 2 aliphatic heterocycles. The first-order valence-corrected chi connectivity index (χ1v) is 8.35. The average Bonchev–Trinajstić information content (AvgIpc) is 3.29. The Balaban J connectivity index is 2.31. The van der Waals surface area contributed by atoms with E-state index in [1.807, 2.05) is 0 Å². The largest absolute Gasteiger partial charge is 0.354 e. The Bertz CT molecular complexity index is 672. The van der Waals surface area contributed by atoms with Crippen LogP contribution in [0.3, 0.4) is 0 Å². The van der Waals surface area contributed by atoms with E-state index in [2.05, 4.69) is 21.3 Å². The maximum absolute atomic E-state index is 12.6. The number of carbonyl (C=O) groups excluding carboxylic acids is 5. The predicted octanol–water partition coefficient (Wildman–Crippen LogP) is -2.38. The summed E-state index contributed by atoms with van der Waals surface area (Å²) >= 11 is 0. The molecule has 0 saturated carbocycles. The molecule has 0 aromatic rings. The van der Waals surface area contributed by atoms with Crippen molar-refractivity contribution in [2.75, 3.05) is 13.1 Å². The van der Waals surface area contributed by atoms with Gasteiger partial charge in [-0.2, -0.15) is 0 Å². The summed E-state index contributed by atoms with van der Waals surface area (Å²) in [5.41, 5.74) is -2.58. The molecule has 144 valence electrons. The number of carbonyl (C=O) groups is 5. The van der Waals surface area contributed by atoms with Crippen molar-refractivity contribution in [3.8, 4) is 0 Å². The van der Waals surface area contributed by atoms with Crippen molar-refractivity contribution in [1.82, 2.24) is 26.2 Å². The summed E-state index contributed by atoms with van der Waals surface area (Å²) in [6.45, 7) is 7.40. The van der Waals surface area contributed by atoms with Gasteiger partial charge in [-0.25, -0.2) is 0 Å². The number of nitrogens with one attached hydrogen (secondary N) is 4. The van der Waals surface area contributed by atoms with Crippen molar-refractivity contribution in [2.24, 2.45) is 0 Å². The highest BCUT2D eigenvalue weighted by Gasteiger charge is 2.49. The van der Waals surface area contributed by atoms with Crippen molar-refractivity contribution in [1.29, 1.82) is 0 Å². The van der Waals surface area contributed by atoms with Gasteiger partial charge in [0.2, 0.25) is 29.5 Å². The Kier molecular flexibility index (Phi) is 4.98. The highest BCUT2D eigenvalue weighted by atomic mass is 16.2. The molecule has 4 N–H and O–H groups in total. The van der Waals surface area contributed by atoms with Gasteiger partial charge in [-0.05, 0) is 27.7 Å². The van der Waals surface area contributed by atoms with Gasteiger partial charge >= 0.3 is 0 Å². The molecule has 2 aliphatic rings. The van der Waals surface area contributed by atoms with Crippen molar-refractivity contribution in [3.05, 3.63) is 0 Å². The molecule has 10 nitrogen and oxygen atoms in total. The molecule has 2 rings (SSSR count). The molecule has 2 fully saturated rings. The Morgan fingerprint density at radius 3 is 2.23 bits per heavy atom. The zero-order valence-corrected chi connectivity index (χ0v) is 15.6. The van der Waals surface area contributed by atoms with Crippen LogP contribution in [0.4, 0.5) is 0 Å². The minimum atomic E-state index is -1.33. The van der Waals surface area contributed by atoms with E-state index in [1.165, 1.54) is 39.5 Å². The van der Waals surface area contributed by atoms with Crippen LogP contribution in [0.2, 0.25) is 0 Å². The predicted molar refractivity (Wildman–Crippen MR) is 90.6 cm³/mol. The zero-order chi connectivity index (χ0) is 19.9. The summed E-state index contributed by atoms with van der Waals surface area (Å²) in [5, 5.41) is 10.2. The molecule has 2 unspecified atom stereocenters. The van der Waals surface area contributed by atoms with Crippen LogP contribution in [0.5, 0.6) is 0 Å². The quantitative estimate of drug-likeness (QED) is 0.404. The lowest BCUT2D eigenvalue weighted by Gasteiger charge is -2.33. The molecule has 0 aromatic carbocycles. The first kappa shape index (κ1) is 19.7. The second-order valence-electron chi connectivity index (χ2n) is 7.66. The van der Waals surface area contributed by atoms with Crippen molar-refractivity contribution in [2.45, 2.75) is 57.8 Å². The molecular weight excluding hydrogens is 342 g/mol. The summed E-state index contributed by atoms with van der Waals surface area (Å²) in [4.78, 5) is 62.5. The van der Waals surface area contributed by atoms with Crippen LogP contribution in [0.1, 0.15) is 34.6 Å². The summed E-state index contributed by atoms with van der Waals surface area (Å²) in [5.74, 6) is -2.36. The molecule has 0 radical (unpaired) electrons. The number of rotatable bonds is 2. The molecule has 5 amide bonds. The molecule has 0 aliphatic carbocycles. The molecule has 10 heteroatoms. The van der Waals surface area contributed by atoms with E-state index in [0.29, 0.717) is 0 Å². The zero-order valence-electron chi connectivity index (χ0n) is 15.6. The Morgan fingerprint density at radius 2 is 1.65 bits per heavy atom. The van der Waals surface area contributed by atoms with E-state index in [9.17, 15) is 24.0 Å². The number of hydrogen-bond donors (Lipinski definition) is 4. The van der Waals surface area contributed by atoms with Crippen molar-refractivity contribution >= 4 is 29.5 Å². The van der Waals surface area contributed by atoms with E-state index < -0.39 is 46.8 Å². The first-order chi connectivity index (χ1) is 11.8. The van der Waals surface area contributed by atoms with Gasteiger partial charge in [0.15, 0.2) is 0 Å². The van der Waals surface area contributed by atoms with Crippen LogP contribution in [-0.4, -0.2) is 70.7 Å². The van der Waals surface area contributed by atoms with Gasteiger partial charge in [0, 0.05) is 13.5 Å². The van der Waals surface area contributed by atoms with Gasteiger partial charge < -0.3 is 26.2 Å². The number of amides is 5. The second-order valence-corrected chi connectivity index (χ2v) is 7.66. The van der Waals surface area contributed by atoms with Crippen LogP contribution in [0.15, 0.2) is 0 Å². The third kappa shape index (κ3) is 4.12. The minimum Gasteiger partial charge on any atom is -0.354 e. The maximum Gasteiger partial charge on any atom is 0.247 e. The number of fused-ring (bicyclic) bond motifs is 1. The molecular formula is C16H25N5O5. The smallest absolute Gasteiger partial charge is 0.247 e. The molecule has 2 heterocycles. The monoisotopic (exact) mass is 367 g/mol. The third-order valence-electron chi connectivity index (χ3n) is 4.35. The van der Waals surface area contributed by atoms with E-state index in [1.54, 1.807) is 0 Å². The standard InChI is InChI=1S/C16H25N5O5/c1-8(22)17-6-9-12(24)21-7-10(21)11(23)19-16(4,5)14(26)20-15(2,3)13(25)18-9/h9-10H,6-7H2,1-5H3,(H,17,22)(H,18,25)(H,19,23)(H,20,26). The average molecular weight is 367 g/mol. The van der Waals surface area contributed by atoms with Gasteiger partial charge in [0.05, 0.1) is 6.54 Å². The van der Waals surface area contributed by atoms with Crippen LogP contribution in [0.25, 0.3) is 0 Å². The van der Waals surface area contributed by atoms with E-state index in [0.717, 1.165) is 0 Å². The highest BCUT2D eigenvalue weighted by molar-refractivity contribution is 6.02. The van der Waals surface area contributed by atoms with Gasteiger partial charge in [-0.3, -0.25) is 24.0 Å². The second kappa shape index (κ2) is 6.58. The summed E-state index contributed by atoms with van der Waals surface area (Å²) < 4.78 is 0. The van der Waals surface area contributed by atoms with Crippen LogP contribution in [0, 0.1) is 0 Å². The number of hydrogen-bond acceptors (Lipinski definition) is 5. The van der Waals surface area contributed by atoms with Gasteiger partial charge in [0.25, 0.3) is 0 Å². The van der Waals surface area contributed by atoms with Crippen LogP contribution < -0.4 is 21.3 Å². The van der Waals surface area contributed by atoms with Crippen LogP contribution >= 0.6 is 0 Å². The molecule has 2 atom stereocenters. The van der Waals surface area contributed by atoms with E-state index >= 15 is 0 Å². The highest BCUT2D eigenvalue weighted by Crippen LogP contribution is 2.21. The molecule has 2 saturated heterocycles. The summed E-state index contributed by atoms with van der Waals surface area (Å²) in [6, 6.07) is -1.73. The fraction of sp³-hybridized carbons (Fsp3) is 0.688. The lowest BCUT2D eigenvalue weighted by Crippen LogP contribution is -2.65. The molecule has 0 spiro atoms. The van der Waals surface area contributed by atoms with Gasteiger partial charge in [-0.15, -0.1) is 0 Å². The fourth-order valence-electron chi connectivity index (χ4n) is 2.54. The summed E-state index contributed by atoms with van der Waals surface area (Å²) in [6.07, 6.45) is 0. The minimum absolute atomic E-state index is 0.111. The lowest BCUT2D eigenvalue weighted by molar-refractivity contribution is -0.140.